The van der Waals surface area contributed by atoms with Crippen molar-refractivity contribution in [3.05, 3.63) is 56.7 Å². The monoisotopic (exact) mass is 462 g/mol. The second-order valence-corrected chi connectivity index (χ2v) is 9.63. The van der Waals surface area contributed by atoms with Crippen molar-refractivity contribution in [2.45, 2.75) is 38.3 Å². The molecule has 0 spiro atoms. The lowest BCUT2D eigenvalue weighted by Crippen LogP contribution is -2.45. The van der Waals surface area contributed by atoms with Crippen molar-refractivity contribution in [3.8, 4) is 6.07 Å². The highest BCUT2D eigenvalue weighted by Gasteiger charge is 2.28. The topological polar surface area (TPSA) is 108 Å². The average Bonchev–Trinajstić information content (AvgIpc) is 3.51. The molecule has 33 heavy (non-hydrogen) atoms. The number of carbonyl (C=O) groups is 1. The van der Waals surface area contributed by atoms with E-state index >= 15 is 0 Å². The number of aromatic nitrogens is 2. The Morgan fingerprint density at radius 3 is 2.76 bits per heavy atom. The molecular formula is C24H26N6O2S. The molecule has 1 aromatic carbocycles. The molecule has 2 saturated heterocycles. The smallest absolute Gasteiger partial charge is 0.273 e. The number of nitrogens with zero attached hydrogens (tertiary/aromatic N) is 5. The summed E-state index contributed by atoms with van der Waals surface area (Å²) in [7, 11) is 0. The minimum atomic E-state index is -0.188. The third kappa shape index (κ3) is 4.01. The fraction of sp³-hybridized carbons (Fsp3) is 0.417. The zero-order chi connectivity index (χ0) is 22.9. The SMILES string of the molecule is N#Cc1ccccc1Cn1c(N2CCC[C@@H](N)C2)nc2c(C(=O)N3CCCC3)csc2c1=O. The molecule has 5 rings (SSSR count). The summed E-state index contributed by atoms with van der Waals surface area (Å²) in [4.78, 5) is 35.6. The number of carbonyl (C=O) groups excluding carboxylic acids is 1. The first-order chi connectivity index (χ1) is 16.1. The maximum Gasteiger partial charge on any atom is 0.273 e. The van der Waals surface area contributed by atoms with Gasteiger partial charge in [-0.25, -0.2) is 4.98 Å². The first kappa shape index (κ1) is 21.6. The molecular weight excluding hydrogens is 436 g/mol. The zero-order valence-corrected chi connectivity index (χ0v) is 19.2. The summed E-state index contributed by atoms with van der Waals surface area (Å²) in [6, 6.07) is 9.50. The van der Waals surface area contributed by atoms with Crippen LogP contribution in [0.4, 0.5) is 5.95 Å². The number of benzene rings is 1. The van der Waals surface area contributed by atoms with Gasteiger partial charge in [-0.05, 0) is 37.3 Å². The predicted molar refractivity (Wildman–Crippen MR) is 129 cm³/mol. The van der Waals surface area contributed by atoms with Crippen molar-refractivity contribution in [1.29, 1.82) is 5.26 Å². The van der Waals surface area contributed by atoms with Gasteiger partial charge >= 0.3 is 0 Å². The third-order valence-corrected chi connectivity index (χ3v) is 7.45. The van der Waals surface area contributed by atoms with Gasteiger partial charge < -0.3 is 15.5 Å². The summed E-state index contributed by atoms with van der Waals surface area (Å²) in [5, 5.41) is 11.3. The van der Waals surface area contributed by atoms with Gasteiger partial charge in [-0.3, -0.25) is 14.2 Å². The van der Waals surface area contributed by atoms with E-state index in [4.69, 9.17) is 10.7 Å². The van der Waals surface area contributed by atoms with Crippen LogP contribution >= 0.6 is 11.3 Å². The molecule has 0 bridgehead atoms. The number of nitrogens with two attached hydrogens (primary N) is 1. The van der Waals surface area contributed by atoms with Crippen molar-refractivity contribution in [1.82, 2.24) is 14.5 Å². The quantitative estimate of drug-likeness (QED) is 0.638. The molecule has 2 aliphatic rings. The van der Waals surface area contributed by atoms with Crippen molar-refractivity contribution in [2.75, 3.05) is 31.1 Å². The highest BCUT2D eigenvalue weighted by Crippen LogP contribution is 2.28. The maximum absolute atomic E-state index is 13.7. The standard InChI is InChI=1S/C24H26N6O2S/c25-12-16-6-1-2-7-17(16)13-30-23(32)21-20(27-24(30)29-11-5-8-18(26)14-29)19(15-33-21)22(31)28-9-3-4-10-28/h1-2,6-7,15,18H,3-5,8-11,13-14,26H2/t18-/m1/s1. The van der Waals surface area contributed by atoms with Gasteiger partial charge in [0.2, 0.25) is 5.95 Å². The number of anilines is 1. The number of hydrogen-bond donors (Lipinski definition) is 1. The molecule has 2 N–H and O–H groups in total. The summed E-state index contributed by atoms with van der Waals surface area (Å²) in [5.74, 6) is 0.462. The Bertz CT molecular complexity index is 1300. The van der Waals surface area contributed by atoms with Crippen LogP contribution in [0, 0.1) is 11.3 Å². The summed E-state index contributed by atoms with van der Waals surface area (Å²) in [6.07, 6.45) is 3.84. The number of thiophene rings is 1. The molecule has 0 aliphatic carbocycles. The molecule has 1 atom stereocenters. The van der Waals surface area contributed by atoms with Crippen LogP contribution in [0.3, 0.4) is 0 Å². The minimum Gasteiger partial charge on any atom is -0.341 e. The lowest BCUT2D eigenvalue weighted by atomic mass is 10.1. The normalized spacial score (nSPS) is 18.6. The summed E-state index contributed by atoms with van der Waals surface area (Å²) in [6.45, 7) is 3.06. The molecule has 1 amide bonds. The van der Waals surface area contributed by atoms with E-state index in [0.29, 0.717) is 33.8 Å². The number of nitriles is 1. The van der Waals surface area contributed by atoms with Crippen LogP contribution in [0.1, 0.15) is 47.2 Å². The van der Waals surface area contributed by atoms with Gasteiger partial charge in [-0.15, -0.1) is 11.3 Å². The predicted octanol–water partition coefficient (Wildman–Crippen LogP) is 2.54. The molecule has 9 heteroatoms. The number of rotatable bonds is 4. The average molecular weight is 463 g/mol. The van der Waals surface area contributed by atoms with E-state index in [1.54, 1.807) is 16.0 Å². The first-order valence-electron chi connectivity index (χ1n) is 11.4. The number of likely N-dealkylation sites (tertiary alicyclic amines) is 1. The van der Waals surface area contributed by atoms with E-state index in [0.717, 1.165) is 50.9 Å². The van der Waals surface area contributed by atoms with Crippen molar-refractivity contribution in [3.63, 3.8) is 0 Å². The van der Waals surface area contributed by atoms with E-state index in [9.17, 15) is 14.9 Å². The molecule has 0 radical (unpaired) electrons. The van der Waals surface area contributed by atoms with Crippen LogP contribution in [-0.4, -0.2) is 52.6 Å². The van der Waals surface area contributed by atoms with Gasteiger partial charge in [-0.1, -0.05) is 18.2 Å². The fourth-order valence-corrected chi connectivity index (χ4v) is 5.67. The largest absolute Gasteiger partial charge is 0.341 e. The van der Waals surface area contributed by atoms with Crippen molar-refractivity contribution in [2.24, 2.45) is 5.73 Å². The first-order valence-corrected chi connectivity index (χ1v) is 12.2. The van der Waals surface area contributed by atoms with Crippen LogP contribution in [0.15, 0.2) is 34.4 Å². The number of piperidine rings is 1. The molecule has 3 aromatic rings. The highest BCUT2D eigenvalue weighted by molar-refractivity contribution is 7.17. The Hall–Kier alpha value is -3.22. The van der Waals surface area contributed by atoms with Crippen LogP contribution in [-0.2, 0) is 6.54 Å². The third-order valence-electron chi connectivity index (χ3n) is 6.49. The lowest BCUT2D eigenvalue weighted by Gasteiger charge is -2.33. The second kappa shape index (κ2) is 8.96. The highest BCUT2D eigenvalue weighted by atomic mass is 32.1. The fourth-order valence-electron chi connectivity index (χ4n) is 4.74. The molecule has 2 aromatic heterocycles. The van der Waals surface area contributed by atoms with Crippen LogP contribution in [0.5, 0.6) is 0 Å². The molecule has 8 nitrogen and oxygen atoms in total. The Morgan fingerprint density at radius 2 is 2.00 bits per heavy atom. The molecule has 2 aliphatic heterocycles. The Labute approximate surface area is 195 Å². The zero-order valence-electron chi connectivity index (χ0n) is 18.4. The molecule has 170 valence electrons. The van der Waals surface area contributed by atoms with Gasteiger partial charge in [-0.2, -0.15) is 5.26 Å². The van der Waals surface area contributed by atoms with Gasteiger partial charge in [0.05, 0.1) is 23.7 Å². The van der Waals surface area contributed by atoms with Gasteiger partial charge in [0, 0.05) is 37.6 Å². The summed E-state index contributed by atoms with van der Waals surface area (Å²) >= 11 is 1.27. The molecule has 0 unspecified atom stereocenters. The molecule has 0 saturated carbocycles. The second-order valence-electron chi connectivity index (χ2n) is 8.75. The number of fused-ring (bicyclic) bond motifs is 1. The molecule has 4 heterocycles. The maximum atomic E-state index is 13.7. The molecule has 2 fully saturated rings. The minimum absolute atomic E-state index is 0.000583. The van der Waals surface area contributed by atoms with Gasteiger partial charge in [0.1, 0.15) is 10.2 Å². The van der Waals surface area contributed by atoms with Crippen LogP contribution < -0.4 is 16.2 Å². The Kier molecular flexibility index (Phi) is 5.87. The summed E-state index contributed by atoms with van der Waals surface area (Å²) in [5.41, 5.74) is 8.32. The van der Waals surface area contributed by atoms with Crippen LogP contribution in [0.2, 0.25) is 0 Å². The number of hydrogen-bond acceptors (Lipinski definition) is 7. The Morgan fingerprint density at radius 1 is 1.21 bits per heavy atom. The van der Waals surface area contributed by atoms with Crippen molar-refractivity contribution >= 4 is 33.4 Å². The van der Waals surface area contributed by atoms with Crippen LogP contribution in [0.25, 0.3) is 10.2 Å². The summed E-state index contributed by atoms with van der Waals surface area (Å²) < 4.78 is 2.11. The van der Waals surface area contributed by atoms with Gasteiger partial charge in [0.15, 0.2) is 0 Å². The van der Waals surface area contributed by atoms with E-state index in [2.05, 4.69) is 6.07 Å². The van der Waals surface area contributed by atoms with Crippen molar-refractivity contribution < 1.29 is 4.79 Å². The lowest BCUT2D eigenvalue weighted by molar-refractivity contribution is 0.0795. The van der Waals surface area contributed by atoms with Gasteiger partial charge in [0.25, 0.3) is 11.5 Å². The number of amides is 1. The Balaban J connectivity index is 1.65. The van der Waals surface area contributed by atoms with E-state index in [1.807, 2.05) is 28.0 Å². The van der Waals surface area contributed by atoms with E-state index in [-0.39, 0.29) is 24.1 Å². The van der Waals surface area contributed by atoms with E-state index in [1.165, 1.54) is 11.3 Å². The van der Waals surface area contributed by atoms with E-state index < -0.39 is 0 Å².